The van der Waals surface area contributed by atoms with E-state index in [4.69, 9.17) is 22.0 Å². The van der Waals surface area contributed by atoms with E-state index in [0.29, 0.717) is 17.0 Å². The molecule has 2 N–H and O–H groups in total. The predicted octanol–water partition coefficient (Wildman–Crippen LogP) is 1.85. The van der Waals surface area contributed by atoms with Gasteiger partial charge in [0.1, 0.15) is 16.6 Å². The van der Waals surface area contributed by atoms with Crippen molar-refractivity contribution in [3.8, 4) is 6.07 Å². The topological polar surface area (TPSA) is 68.9 Å². The van der Waals surface area contributed by atoms with Crippen molar-refractivity contribution in [3.63, 3.8) is 0 Å². The molecule has 0 radical (unpaired) electrons. The van der Waals surface area contributed by atoms with E-state index < -0.39 is 0 Å². The first-order valence-electron chi connectivity index (χ1n) is 4.11. The van der Waals surface area contributed by atoms with Gasteiger partial charge >= 0.3 is 0 Å². The highest BCUT2D eigenvalue weighted by atomic mass is 35.5. The van der Waals surface area contributed by atoms with Crippen molar-refractivity contribution in [3.05, 3.63) is 10.7 Å². The second kappa shape index (κ2) is 5.15. The van der Waals surface area contributed by atoms with Gasteiger partial charge in [0.2, 0.25) is 0 Å². The van der Waals surface area contributed by atoms with E-state index in [1.807, 2.05) is 13.0 Å². The molecule has 4 nitrogen and oxygen atoms in total. The molecular formula is C8H10ClN3OS. The van der Waals surface area contributed by atoms with Gasteiger partial charge in [0.25, 0.3) is 0 Å². The van der Waals surface area contributed by atoms with E-state index in [-0.39, 0.29) is 17.8 Å². The molecule has 0 bridgehead atoms. The number of hydrogen-bond acceptors (Lipinski definition) is 5. The van der Waals surface area contributed by atoms with Gasteiger partial charge < -0.3 is 10.4 Å². The average molecular weight is 232 g/mol. The summed E-state index contributed by atoms with van der Waals surface area (Å²) in [5, 5.41) is 21.4. The fraction of sp³-hybridized carbons (Fsp3) is 0.500. The van der Waals surface area contributed by atoms with Crippen LogP contribution in [0.4, 0.5) is 5.00 Å². The Morgan fingerprint density at radius 1 is 1.79 bits per heavy atom. The van der Waals surface area contributed by atoms with Crippen LogP contribution in [-0.2, 0) is 0 Å². The normalized spacial score (nSPS) is 12.1. The highest BCUT2D eigenvalue weighted by Gasteiger charge is 2.13. The summed E-state index contributed by atoms with van der Waals surface area (Å²) in [5.74, 6) is 0. The van der Waals surface area contributed by atoms with Crippen molar-refractivity contribution in [2.45, 2.75) is 19.4 Å². The molecule has 14 heavy (non-hydrogen) atoms. The van der Waals surface area contributed by atoms with Gasteiger partial charge in [-0.2, -0.15) is 9.64 Å². The van der Waals surface area contributed by atoms with Crippen molar-refractivity contribution in [1.82, 2.24) is 4.37 Å². The molecule has 1 heterocycles. The number of nitriles is 1. The lowest BCUT2D eigenvalue weighted by Crippen LogP contribution is -2.16. The molecule has 1 aromatic heterocycles. The number of hydrogen-bond donors (Lipinski definition) is 2. The molecule has 1 atom stereocenters. The van der Waals surface area contributed by atoms with Crippen LogP contribution in [0.5, 0.6) is 0 Å². The van der Waals surface area contributed by atoms with Crippen molar-refractivity contribution >= 4 is 28.1 Å². The Hall–Kier alpha value is -0.830. The first kappa shape index (κ1) is 11.2. The van der Waals surface area contributed by atoms with Gasteiger partial charge in [0.15, 0.2) is 5.15 Å². The summed E-state index contributed by atoms with van der Waals surface area (Å²) in [6.45, 7) is 2.04. The highest BCUT2D eigenvalue weighted by molar-refractivity contribution is 7.10. The average Bonchev–Trinajstić information content (AvgIpc) is 2.47. The number of aliphatic hydroxyl groups is 1. The summed E-state index contributed by atoms with van der Waals surface area (Å²) in [4.78, 5) is 0. The van der Waals surface area contributed by atoms with Gasteiger partial charge in [-0.15, -0.1) is 0 Å². The molecule has 1 unspecified atom stereocenters. The first-order valence-corrected chi connectivity index (χ1v) is 5.26. The quantitative estimate of drug-likeness (QED) is 0.830. The van der Waals surface area contributed by atoms with Gasteiger partial charge in [0.05, 0.1) is 0 Å². The number of rotatable bonds is 4. The summed E-state index contributed by atoms with van der Waals surface area (Å²) in [5.41, 5.74) is 0.376. The second-order valence-electron chi connectivity index (χ2n) is 2.85. The molecule has 0 aliphatic heterocycles. The van der Waals surface area contributed by atoms with Crippen LogP contribution in [0.25, 0.3) is 0 Å². The number of halogens is 1. The Balaban J connectivity index is 2.72. The summed E-state index contributed by atoms with van der Waals surface area (Å²) < 4.78 is 3.86. The van der Waals surface area contributed by atoms with Crippen LogP contribution < -0.4 is 5.32 Å². The van der Waals surface area contributed by atoms with Gasteiger partial charge in [-0.1, -0.05) is 11.6 Å². The lowest BCUT2D eigenvalue weighted by molar-refractivity contribution is 0.282. The van der Waals surface area contributed by atoms with Crippen LogP contribution in [0.2, 0.25) is 5.15 Å². The number of nitrogens with one attached hydrogen (secondary N) is 1. The molecule has 0 saturated heterocycles. The molecule has 1 aromatic rings. The van der Waals surface area contributed by atoms with E-state index in [0.717, 1.165) is 11.5 Å². The molecule has 0 fully saturated rings. The summed E-state index contributed by atoms with van der Waals surface area (Å²) >= 11 is 6.85. The van der Waals surface area contributed by atoms with Crippen molar-refractivity contribution in [1.29, 1.82) is 5.26 Å². The number of aliphatic hydroxyl groups excluding tert-OH is 1. The number of nitrogens with zero attached hydrogens (tertiary/aromatic N) is 2. The second-order valence-corrected chi connectivity index (χ2v) is 3.98. The van der Waals surface area contributed by atoms with E-state index >= 15 is 0 Å². The van der Waals surface area contributed by atoms with Crippen LogP contribution in [0.15, 0.2) is 0 Å². The summed E-state index contributed by atoms with van der Waals surface area (Å²) in [7, 11) is 0. The maximum absolute atomic E-state index is 8.77. The van der Waals surface area contributed by atoms with E-state index in [1.165, 1.54) is 0 Å². The Morgan fingerprint density at radius 3 is 3.07 bits per heavy atom. The molecule has 0 amide bonds. The third kappa shape index (κ3) is 2.58. The maximum atomic E-state index is 8.77. The smallest absolute Gasteiger partial charge is 0.162 e. The molecule has 0 spiro atoms. The zero-order valence-electron chi connectivity index (χ0n) is 7.62. The third-order valence-electron chi connectivity index (χ3n) is 1.70. The fourth-order valence-corrected chi connectivity index (χ4v) is 2.00. The van der Waals surface area contributed by atoms with Crippen LogP contribution >= 0.6 is 23.1 Å². The Bertz CT molecular complexity index is 347. The molecule has 6 heteroatoms. The molecule has 0 saturated carbocycles. The third-order valence-corrected chi connectivity index (χ3v) is 2.85. The lowest BCUT2D eigenvalue weighted by Gasteiger charge is -2.11. The molecule has 1 rings (SSSR count). The van der Waals surface area contributed by atoms with Crippen molar-refractivity contribution < 1.29 is 5.11 Å². The van der Waals surface area contributed by atoms with Crippen LogP contribution in [-0.4, -0.2) is 22.1 Å². The molecule has 0 aliphatic carbocycles. The highest BCUT2D eigenvalue weighted by Crippen LogP contribution is 2.28. The van der Waals surface area contributed by atoms with Crippen LogP contribution in [0.3, 0.4) is 0 Å². The Kier molecular flexibility index (Phi) is 4.14. The minimum atomic E-state index is 0.101. The Labute approximate surface area is 91.3 Å². The molecule has 76 valence electrons. The van der Waals surface area contributed by atoms with Gasteiger partial charge in [-0.3, -0.25) is 0 Å². The first-order chi connectivity index (χ1) is 6.69. The van der Waals surface area contributed by atoms with E-state index in [1.54, 1.807) is 0 Å². The SMILES string of the molecule is CC(CCO)Nc1snc(Cl)c1C#N. The molecule has 0 aromatic carbocycles. The minimum Gasteiger partial charge on any atom is -0.396 e. The van der Waals surface area contributed by atoms with Crippen LogP contribution in [0.1, 0.15) is 18.9 Å². The summed E-state index contributed by atoms with van der Waals surface area (Å²) in [6, 6.07) is 2.08. The summed E-state index contributed by atoms with van der Waals surface area (Å²) in [6.07, 6.45) is 0.625. The van der Waals surface area contributed by atoms with Gasteiger partial charge in [-0.25, -0.2) is 0 Å². The Morgan fingerprint density at radius 2 is 2.50 bits per heavy atom. The number of aromatic nitrogens is 1. The minimum absolute atomic E-state index is 0.101. The van der Waals surface area contributed by atoms with E-state index in [9.17, 15) is 0 Å². The maximum Gasteiger partial charge on any atom is 0.162 e. The number of anilines is 1. The zero-order chi connectivity index (χ0) is 10.6. The zero-order valence-corrected chi connectivity index (χ0v) is 9.19. The predicted molar refractivity (Wildman–Crippen MR) is 56.6 cm³/mol. The van der Waals surface area contributed by atoms with Crippen LogP contribution in [0, 0.1) is 11.3 Å². The van der Waals surface area contributed by atoms with Gasteiger partial charge in [-0.05, 0) is 24.9 Å². The van der Waals surface area contributed by atoms with E-state index in [2.05, 4.69) is 9.69 Å². The molecule has 0 aliphatic rings. The van der Waals surface area contributed by atoms with Crippen molar-refractivity contribution in [2.24, 2.45) is 0 Å². The molecular weight excluding hydrogens is 222 g/mol. The monoisotopic (exact) mass is 231 g/mol. The lowest BCUT2D eigenvalue weighted by atomic mass is 10.2. The fourth-order valence-electron chi connectivity index (χ4n) is 0.956. The standard InChI is InChI=1S/C8H10ClN3OS/c1-5(2-3-13)11-8-6(4-10)7(9)12-14-8/h5,11,13H,2-3H2,1H3. The largest absolute Gasteiger partial charge is 0.396 e. The van der Waals surface area contributed by atoms with Crippen molar-refractivity contribution in [2.75, 3.05) is 11.9 Å². The van der Waals surface area contributed by atoms with Gasteiger partial charge in [0, 0.05) is 12.6 Å².